The highest BCUT2D eigenvalue weighted by atomic mass is 16.5. The van der Waals surface area contributed by atoms with E-state index in [4.69, 9.17) is 4.74 Å². The standard InChI is InChI=1S/C25H23N3O2/c1-30-18-11-9-16(10-12-18)17-14-22-24(23(29)15-17)25(21-8-4-5-13-26-21)28-20-7-3-2-6-19(20)27-22/h2-13,17,25,27-28H,14-15H2,1H3/t17-,25-/m1/s1. The van der Waals surface area contributed by atoms with Crippen LogP contribution in [0, 0.1) is 0 Å². The molecule has 2 aromatic carbocycles. The van der Waals surface area contributed by atoms with Gasteiger partial charge in [0.25, 0.3) is 0 Å². The molecule has 5 heteroatoms. The lowest BCUT2D eigenvalue weighted by molar-refractivity contribution is -0.116. The van der Waals surface area contributed by atoms with Gasteiger partial charge in [-0.1, -0.05) is 30.3 Å². The predicted molar refractivity (Wildman–Crippen MR) is 118 cm³/mol. The number of nitrogens with zero attached hydrogens (tertiary/aromatic N) is 1. The summed E-state index contributed by atoms with van der Waals surface area (Å²) in [6.45, 7) is 0. The number of benzene rings is 2. The maximum absolute atomic E-state index is 13.4. The molecule has 3 aromatic rings. The first kappa shape index (κ1) is 18.4. The second kappa shape index (κ2) is 7.67. The number of fused-ring (bicyclic) bond motifs is 1. The number of Topliss-reactive ketones (excluding diaryl/α,β-unsaturated/α-hetero) is 1. The minimum absolute atomic E-state index is 0.129. The number of allylic oxidation sites excluding steroid dienone is 1. The highest BCUT2D eigenvalue weighted by molar-refractivity contribution is 6.01. The highest BCUT2D eigenvalue weighted by Gasteiger charge is 2.36. The third kappa shape index (κ3) is 3.32. The molecule has 0 saturated carbocycles. The molecular formula is C25H23N3O2. The normalized spacial score (nSPS) is 20.4. The van der Waals surface area contributed by atoms with Gasteiger partial charge in [0.2, 0.25) is 0 Å². The van der Waals surface area contributed by atoms with Crippen molar-refractivity contribution in [2.45, 2.75) is 24.8 Å². The maximum Gasteiger partial charge on any atom is 0.163 e. The second-order valence-electron chi connectivity index (χ2n) is 7.70. The van der Waals surface area contributed by atoms with Crippen LogP contribution in [0.5, 0.6) is 5.75 Å². The molecule has 150 valence electrons. The molecule has 2 aliphatic rings. The molecule has 2 atom stereocenters. The Morgan fingerprint density at radius 2 is 1.70 bits per heavy atom. The van der Waals surface area contributed by atoms with E-state index in [1.807, 2.05) is 54.6 Å². The molecule has 0 amide bonds. The molecule has 0 spiro atoms. The summed E-state index contributed by atoms with van der Waals surface area (Å²) in [5.41, 5.74) is 5.70. The molecule has 1 aliphatic heterocycles. The van der Waals surface area contributed by atoms with Gasteiger partial charge in [0.1, 0.15) is 5.75 Å². The topological polar surface area (TPSA) is 63.2 Å². The number of hydrogen-bond donors (Lipinski definition) is 2. The van der Waals surface area contributed by atoms with Crippen LogP contribution < -0.4 is 15.4 Å². The fourth-order valence-corrected chi connectivity index (χ4v) is 4.37. The van der Waals surface area contributed by atoms with Gasteiger partial charge in [0.15, 0.2) is 5.78 Å². The van der Waals surface area contributed by atoms with Crippen LogP contribution in [0.25, 0.3) is 0 Å². The summed E-state index contributed by atoms with van der Waals surface area (Å²) in [4.78, 5) is 18.0. The van der Waals surface area contributed by atoms with E-state index in [0.29, 0.717) is 6.42 Å². The van der Waals surface area contributed by atoms with Gasteiger partial charge < -0.3 is 15.4 Å². The molecule has 0 saturated heterocycles. The summed E-state index contributed by atoms with van der Waals surface area (Å²) in [5.74, 6) is 1.10. The van der Waals surface area contributed by atoms with E-state index in [-0.39, 0.29) is 17.7 Å². The lowest BCUT2D eigenvalue weighted by Gasteiger charge is -2.29. The molecule has 1 aromatic heterocycles. The largest absolute Gasteiger partial charge is 0.497 e. The number of pyridine rings is 1. The Hall–Kier alpha value is -3.60. The van der Waals surface area contributed by atoms with Crippen LogP contribution in [0.3, 0.4) is 0 Å². The van der Waals surface area contributed by atoms with E-state index in [2.05, 4.69) is 27.8 Å². The van der Waals surface area contributed by atoms with Crippen molar-refractivity contribution in [1.29, 1.82) is 0 Å². The zero-order valence-electron chi connectivity index (χ0n) is 16.8. The van der Waals surface area contributed by atoms with Crippen LogP contribution in [-0.4, -0.2) is 17.9 Å². The molecule has 0 unspecified atom stereocenters. The van der Waals surface area contributed by atoms with Crippen molar-refractivity contribution in [2.24, 2.45) is 0 Å². The average Bonchev–Trinajstić information content (AvgIpc) is 2.96. The molecular weight excluding hydrogens is 374 g/mol. The van der Waals surface area contributed by atoms with Crippen LogP contribution in [0.4, 0.5) is 11.4 Å². The van der Waals surface area contributed by atoms with E-state index in [1.165, 1.54) is 0 Å². The number of hydrogen-bond acceptors (Lipinski definition) is 5. The number of rotatable bonds is 3. The number of para-hydroxylation sites is 2. The summed E-state index contributed by atoms with van der Waals surface area (Å²) >= 11 is 0. The van der Waals surface area contributed by atoms with Crippen LogP contribution in [-0.2, 0) is 4.79 Å². The van der Waals surface area contributed by atoms with Gasteiger partial charge in [-0.05, 0) is 54.3 Å². The SMILES string of the molecule is COc1ccc([C@H]2CC(=O)C3=C(C2)Nc2ccccc2N[C@@H]3c2ccccn2)cc1. The van der Waals surface area contributed by atoms with E-state index in [1.54, 1.807) is 13.3 Å². The van der Waals surface area contributed by atoms with Gasteiger partial charge >= 0.3 is 0 Å². The van der Waals surface area contributed by atoms with Crippen molar-refractivity contribution in [3.8, 4) is 5.75 Å². The molecule has 2 N–H and O–H groups in total. The van der Waals surface area contributed by atoms with Crippen molar-refractivity contribution in [3.63, 3.8) is 0 Å². The fraction of sp³-hybridized carbons (Fsp3) is 0.200. The third-order valence-corrected chi connectivity index (χ3v) is 5.88. The first-order chi connectivity index (χ1) is 14.7. The Morgan fingerprint density at radius 3 is 2.43 bits per heavy atom. The summed E-state index contributed by atoms with van der Waals surface area (Å²) in [6, 6.07) is 21.6. The number of carbonyl (C=O) groups excluding carboxylic acids is 1. The number of nitrogens with one attached hydrogen (secondary N) is 2. The minimum atomic E-state index is -0.276. The fourth-order valence-electron chi connectivity index (χ4n) is 4.37. The lowest BCUT2D eigenvalue weighted by Crippen LogP contribution is -2.27. The minimum Gasteiger partial charge on any atom is -0.497 e. The highest BCUT2D eigenvalue weighted by Crippen LogP contribution is 2.43. The molecule has 0 radical (unpaired) electrons. The van der Waals surface area contributed by atoms with Crippen molar-refractivity contribution in [1.82, 2.24) is 4.98 Å². The zero-order valence-corrected chi connectivity index (χ0v) is 16.8. The lowest BCUT2D eigenvalue weighted by atomic mass is 9.79. The van der Waals surface area contributed by atoms with Gasteiger partial charge in [-0.2, -0.15) is 0 Å². The van der Waals surface area contributed by atoms with Crippen molar-refractivity contribution in [3.05, 3.63) is 95.5 Å². The van der Waals surface area contributed by atoms with Crippen LogP contribution in [0.1, 0.15) is 36.1 Å². The number of carbonyl (C=O) groups is 1. The molecule has 5 rings (SSSR count). The number of methoxy groups -OCH3 is 1. The number of aromatic nitrogens is 1. The van der Waals surface area contributed by atoms with Crippen LogP contribution in [0.2, 0.25) is 0 Å². The Kier molecular flexibility index (Phi) is 4.71. The van der Waals surface area contributed by atoms with Crippen molar-refractivity contribution in [2.75, 3.05) is 17.7 Å². The molecule has 5 nitrogen and oxygen atoms in total. The first-order valence-corrected chi connectivity index (χ1v) is 10.2. The van der Waals surface area contributed by atoms with Gasteiger partial charge in [0, 0.05) is 23.9 Å². The Morgan fingerprint density at radius 1 is 0.933 bits per heavy atom. The summed E-state index contributed by atoms with van der Waals surface area (Å²) in [6.07, 6.45) is 3.02. The smallest absolute Gasteiger partial charge is 0.163 e. The zero-order chi connectivity index (χ0) is 20.5. The monoisotopic (exact) mass is 397 g/mol. The quantitative estimate of drug-likeness (QED) is 0.646. The van der Waals surface area contributed by atoms with Crippen molar-refractivity contribution < 1.29 is 9.53 Å². The Labute approximate surface area is 175 Å². The van der Waals surface area contributed by atoms with E-state index < -0.39 is 0 Å². The predicted octanol–water partition coefficient (Wildman–Crippen LogP) is 5.07. The Balaban J connectivity index is 1.57. The molecule has 30 heavy (non-hydrogen) atoms. The van der Waals surface area contributed by atoms with E-state index >= 15 is 0 Å². The maximum atomic E-state index is 13.4. The van der Waals surface area contributed by atoms with Gasteiger partial charge in [-0.15, -0.1) is 0 Å². The molecule has 2 heterocycles. The van der Waals surface area contributed by atoms with Crippen molar-refractivity contribution >= 4 is 17.2 Å². The number of ether oxygens (including phenoxy) is 1. The summed E-state index contributed by atoms with van der Waals surface area (Å²) in [7, 11) is 1.66. The van der Waals surface area contributed by atoms with E-state index in [0.717, 1.165) is 46.1 Å². The summed E-state index contributed by atoms with van der Waals surface area (Å²) in [5, 5.41) is 7.11. The molecule has 1 aliphatic carbocycles. The third-order valence-electron chi connectivity index (χ3n) is 5.88. The van der Waals surface area contributed by atoms with Crippen LogP contribution >= 0.6 is 0 Å². The first-order valence-electron chi connectivity index (χ1n) is 10.2. The molecule has 0 fully saturated rings. The molecule has 0 bridgehead atoms. The van der Waals surface area contributed by atoms with Gasteiger partial charge in [0.05, 0.1) is 30.2 Å². The van der Waals surface area contributed by atoms with Crippen LogP contribution in [0.15, 0.2) is 84.2 Å². The second-order valence-corrected chi connectivity index (χ2v) is 7.70. The summed E-state index contributed by atoms with van der Waals surface area (Å²) < 4.78 is 5.28. The van der Waals surface area contributed by atoms with Gasteiger partial charge in [-0.25, -0.2) is 0 Å². The number of ketones is 1. The van der Waals surface area contributed by atoms with E-state index in [9.17, 15) is 4.79 Å². The number of anilines is 2. The Bertz CT molecular complexity index is 1110. The van der Waals surface area contributed by atoms with Gasteiger partial charge in [-0.3, -0.25) is 9.78 Å². The average molecular weight is 397 g/mol.